The van der Waals surface area contributed by atoms with E-state index in [1.54, 1.807) is 12.5 Å². The quantitative estimate of drug-likeness (QED) is 0.567. The fraction of sp³-hybridized carbons (Fsp3) is 0.773. The van der Waals surface area contributed by atoms with Gasteiger partial charge in [-0.05, 0) is 91.9 Å². The highest BCUT2D eigenvalue weighted by atomic mass is 16.1. The molecule has 0 N–H and O–H groups in total. The molecule has 4 rings (SSSR count). The summed E-state index contributed by atoms with van der Waals surface area (Å²) in [5.74, 6) is 3.54. The van der Waals surface area contributed by atoms with Crippen molar-refractivity contribution in [1.29, 1.82) is 0 Å². The average Bonchev–Trinajstić information content (AvgIpc) is 2.85. The van der Waals surface area contributed by atoms with Crippen LogP contribution >= 0.6 is 0 Å². The first kappa shape index (κ1) is 15.7. The van der Waals surface area contributed by atoms with E-state index in [1.165, 1.54) is 38.5 Å². The van der Waals surface area contributed by atoms with E-state index in [2.05, 4.69) is 32.9 Å². The molecule has 4 aliphatic carbocycles. The topological polar surface area (TPSA) is 17.1 Å². The fourth-order valence-electron chi connectivity index (χ4n) is 6.96. The van der Waals surface area contributed by atoms with Gasteiger partial charge >= 0.3 is 0 Å². The van der Waals surface area contributed by atoms with Gasteiger partial charge in [0, 0.05) is 0 Å². The molecule has 2 fully saturated rings. The number of hydrogen-bond acceptors (Lipinski definition) is 1. The fourth-order valence-corrected chi connectivity index (χ4v) is 6.96. The minimum atomic E-state index is 0.163. The zero-order valence-electron chi connectivity index (χ0n) is 15.3. The number of carbonyl (C=O) groups excluding carboxylic acids is 1. The van der Waals surface area contributed by atoms with Gasteiger partial charge in [-0.15, -0.1) is 0 Å². The standard InChI is InChI=1S/C22H32O/c1-14-9-11-21(3)16(13-14)5-6-17-19-8-7-18(15(2)23)22(19,4)12-10-20(17)21/h5,7,14,17,19-20H,6,8-13H2,1-4H3/t14-,17?,19?,20?,21-,22+/m0/s1. The van der Waals surface area contributed by atoms with Gasteiger partial charge in [0.25, 0.3) is 0 Å². The Hall–Kier alpha value is -0.850. The molecule has 1 heteroatoms. The Bertz CT molecular complexity index is 597. The lowest BCUT2D eigenvalue weighted by Gasteiger charge is -2.57. The van der Waals surface area contributed by atoms with Gasteiger partial charge in [0.15, 0.2) is 5.78 Å². The molecule has 0 bridgehead atoms. The molecule has 0 aromatic carbocycles. The van der Waals surface area contributed by atoms with Gasteiger partial charge in [-0.25, -0.2) is 0 Å². The van der Waals surface area contributed by atoms with Gasteiger partial charge in [-0.3, -0.25) is 4.79 Å². The van der Waals surface area contributed by atoms with Crippen molar-refractivity contribution in [2.45, 2.75) is 72.6 Å². The van der Waals surface area contributed by atoms with Gasteiger partial charge in [0.1, 0.15) is 0 Å². The molecule has 23 heavy (non-hydrogen) atoms. The molecule has 4 aliphatic rings. The monoisotopic (exact) mass is 312 g/mol. The first-order valence-corrected chi connectivity index (χ1v) is 9.77. The van der Waals surface area contributed by atoms with Crippen molar-refractivity contribution in [1.82, 2.24) is 0 Å². The summed E-state index contributed by atoms with van der Waals surface area (Å²) in [6, 6.07) is 0. The first-order chi connectivity index (χ1) is 10.9. The molecule has 3 unspecified atom stereocenters. The molecule has 0 heterocycles. The van der Waals surface area contributed by atoms with Crippen LogP contribution in [-0.2, 0) is 4.79 Å². The second-order valence-corrected chi connectivity index (χ2v) is 9.47. The number of rotatable bonds is 1. The summed E-state index contributed by atoms with van der Waals surface area (Å²) in [6.45, 7) is 9.15. The third-order valence-corrected chi connectivity index (χ3v) is 8.31. The molecule has 0 aromatic rings. The molecule has 0 amide bonds. The Morgan fingerprint density at radius 1 is 1.04 bits per heavy atom. The second kappa shape index (κ2) is 5.07. The normalized spacial score (nSPS) is 48.7. The van der Waals surface area contributed by atoms with E-state index in [4.69, 9.17) is 0 Å². The van der Waals surface area contributed by atoms with E-state index in [-0.39, 0.29) is 5.41 Å². The highest BCUT2D eigenvalue weighted by molar-refractivity contribution is 5.95. The maximum absolute atomic E-state index is 12.1. The van der Waals surface area contributed by atoms with Crippen molar-refractivity contribution in [3.05, 3.63) is 23.3 Å². The predicted molar refractivity (Wildman–Crippen MR) is 95.0 cm³/mol. The van der Waals surface area contributed by atoms with Gasteiger partial charge in [0.05, 0.1) is 0 Å². The van der Waals surface area contributed by atoms with Crippen molar-refractivity contribution in [3.8, 4) is 0 Å². The number of carbonyl (C=O) groups is 1. The number of ketones is 1. The lowest BCUT2D eigenvalue weighted by Crippen LogP contribution is -2.49. The van der Waals surface area contributed by atoms with Crippen LogP contribution in [0.4, 0.5) is 0 Å². The summed E-state index contributed by atoms with van der Waals surface area (Å²) in [5, 5.41) is 0. The molecular formula is C22H32O. The van der Waals surface area contributed by atoms with Crippen LogP contribution in [0.25, 0.3) is 0 Å². The summed E-state index contributed by atoms with van der Waals surface area (Å²) in [6.07, 6.45) is 14.0. The minimum absolute atomic E-state index is 0.163. The minimum Gasteiger partial charge on any atom is -0.295 e. The van der Waals surface area contributed by atoms with Crippen LogP contribution in [0.3, 0.4) is 0 Å². The Labute approximate surface area is 141 Å². The van der Waals surface area contributed by atoms with Crippen LogP contribution in [0.5, 0.6) is 0 Å². The highest BCUT2D eigenvalue weighted by Crippen LogP contribution is 2.65. The van der Waals surface area contributed by atoms with Gasteiger partial charge in [0.2, 0.25) is 0 Å². The Kier molecular flexibility index (Phi) is 3.45. The maximum atomic E-state index is 12.1. The number of fused-ring (bicyclic) bond motifs is 5. The summed E-state index contributed by atoms with van der Waals surface area (Å²) in [5.41, 5.74) is 3.55. The summed E-state index contributed by atoms with van der Waals surface area (Å²) < 4.78 is 0. The van der Waals surface area contributed by atoms with Gasteiger partial charge in [-0.2, -0.15) is 0 Å². The van der Waals surface area contributed by atoms with Crippen LogP contribution in [-0.4, -0.2) is 5.78 Å². The Balaban J connectivity index is 1.67. The number of Topliss-reactive ketones (excluding diaryl/α,β-unsaturated/α-hetero) is 1. The number of allylic oxidation sites excluding steroid dienone is 4. The Morgan fingerprint density at radius 3 is 2.52 bits per heavy atom. The average molecular weight is 312 g/mol. The molecule has 0 spiro atoms. The summed E-state index contributed by atoms with van der Waals surface area (Å²) in [4.78, 5) is 12.1. The van der Waals surface area contributed by atoms with Crippen LogP contribution < -0.4 is 0 Å². The van der Waals surface area contributed by atoms with E-state index in [9.17, 15) is 4.79 Å². The van der Waals surface area contributed by atoms with Crippen molar-refractivity contribution in [2.75, 3.05) is 0 Å². The molecule has 0 radical (unpaired) electrons. The third-order valence-electron chi connectivity index (χ3n) is 8.31. The Morgan fingerprint density at radius 2 is 1.78 bits per heavy atom. The van der Waals surface area contributed by atoms with E-state index in [0.29, 0.717) is 17.1 Å². The maximum Gasteiger partial charge on any atom is 0.156 e. The zero-order valence-corrected chi connectivity index (χ0v) is 15.3. The van der Waals surface area contributed by atoms with Crippen molar-refractivity contribution >= 4 is 5.78 Å². The molecular weight excluding hydrogens is 280 g/mol. The second-order valence-electron chi connectivity index (χ2n) is 9.47. The first-order valence-electron chi connectivity index (χ1n) is 9.77. The van der Waals surface area contributed by atoms with Crippen LogP contribution in [0, 0.1) is 34.5 Å². The molecule has 0 aliphatic heterocycles. The van der Waals surface area contributed by atoms with Crippen molar-refractivity contribution < 1.29 is 4.79 Å². The molecule has 0 aromatic heterocycles. The van der Waals surface area contributed by atoms with E-state index in [0.717, 1.165) is 29.7 Å². The lowest BCUT2D eigenvalue weighted by atomic mass is 9.47. The van der Waals surface area contributed by atoms with Crippen LogP contribution in [0.2, 0.25) is 0 Å². The van der Waals surface area contributed by atoms with Crippen molar-refractivity contribution in [2.24, 2.45) is 34.5 Å². The van der Waals surface area contributed by atoms with E-state index < -0.39 is 0 Å². The van der Waals surface area contributed by atoms with Gasteiger partial charge in [-0.1, -0.05) is 38.5 Å². The van der Waals surface area contributed by atoms with Crippen molar-refractivity contribution in [3.63, 3.8) is 0 Å². The van der Waals surface area contributed by atoms with Crippen LogP contribution in [0.15, 0.2) is 23.3 Å². The molecule has 126 valence electrons. The summed E-state index contributed by atoms with van der Waals surface area (Å²) in [7, 11) is 0. The zero-order chi connectivity index (χ0) is 16.4. The van der Waals surface area contributed by atoms with Gasteiger partial charge < -0.3 is 0 Å². The van der Waals surface area contributed by atoms with E-state index >= 15 is 0 Å². The predicted octanol–water partition coefficient (Wildman–Crippen LogP) is 5.71. The molecule has 6 atom stereocenters. The van der Waals surface area contributed by atoms with Crippen LogP contribution in [0.1, 0.15) is 72.6 Å². The lowest BCUT2D eigenvalue weighted by molar-refractivity contribution is -0.115. The highest BCUT2D eigenvalue weighted by Gasteiger charge is 2.56. The van der Waals surface area contributed by atoms with E-state index in [1.807, 2.05) is 0 Å². The molecule has 0 saturated heterocycles. The SMILES string of the molecule is CC(=O)C1=CCC2C3CC=C4C[C@@H](C)CC[C@]4(C)C3CC[C@]12C. The molecule has 1 nitrogen and oxygen atoms in total. The smallest absolute Gasteiger partial charge is 0.156 e. The largest absolute Gasteiger partial charge is 0.295 e. The third kappa shape index (κ3) is 2.07. The number of hydrogen-bond donors (Lipinski definition) is 0. The molecule has 2 saturated carbocycles. The summed E-state index contributed by atoms with van der Waals surface area (Å²) >= 11 is 0.